The van der Waals surface area contributed by atoms with Crippen LogP contribution in [0.2, 0.25) is 0 Å². The largest absolute Gasteiger partial charge is 0.497 e. The summed E-state index contributed by atoms with van der Waals surface area (Å²) in [5, 5.41) is 10.2. The maximum atomic E-state index is 10.2. The van der Waals surface area contributed by atoms with Crippen LogP contribution in [0.4, 0.5) is 0 Å². The molecule has 106 valence electrons. The summed E-state index contributed by atoms with van der Waals surface area (Å²) in [5.74, 6) is 2.04. The number of hydrogen-bond donors (Lipinski definition) is 1. The molecule has 0 saturated heterocycles. The Balaban J connectivity index is 2.37. The SMILES string of the molecule is CCC1(CC)C(O)CC1c1ccc(OC)cc1OC. The third kappa shape index (κ3) is 2.10. The van der Waals surface area contributed by atoms with E-state index in [9.17, 15) is 5.11 Å². The Morgan fingerprint density at radius 1 is 1.21 bits per heavy atom. The highest BCUT2D eigenvalue weighted by atomic mass is 16.5. The lowest BCUT2D eigenvalue weighted by Crippen LogP contribution is -2.51. The van der Waals surface area contributed by atoms with Crippen molar-refractivity contribution in [1.29, 1.82) is 0 Å². The fraction of sp³-hybridized carbons (Fsp3) is 0.625. The Labute approximate surface area is 115 Å². The molecular weight excluding hydrogens is 240 g/mol. The van der Waals surface area contributed by atoms with Crippen LogP contribution in [0.25, 0.3) is 0 Å². The molecule has 1 aliphatic carbocycles. The summed E-state index contributed by atoms with van der Waals surface area (Å²) < 4.78 is 10.7. The van der Waals surface area contributed by atoms with Gasteiger partial charge in [0, 0.05) is 11.5 Å². The van der Waals surface area contributed by atoms with Crippen LogP contribution in [-0.2, 0) is 0 Å². The van der Waals surface area contributed by atoms with Gasteiger partial charge < -0.3 is 14.6 Å². The molecule has 3 heteroatoms. The average molecular weight is 264 g/mol. The van der Waals surface area contributed by atoms with Gasteiger partial charge in [0.15, 0.2) is 0 Å². The lowest BCUT2D eigenvalue weighted by molar-refractivity contribution is -0.0936. The fourth-order valence-electron chi connectivity index (χ4n) is 3.52. The van der Waals surface area contributed by atoms with Gasteiger partial charge in [0.2, 0.25) is 0 Å². The highest BCUT2D eigenvalue weighted by molar-refractivity contribution is 5.45. The molecule has 0 aliphatic heterocycles. The molecule has 2 rings (SSSR count). The first-order valence-corrected chi connectivity index (χ1v) is 7.02. The molecule has 3 nitrogen and oxygen atoms in total. The smallest absolute Gasteiger partial charge is 0.126 e. The predicted molar refractivity (Wildman–Crippen MR) is 75.9 cm³/mol. The van der Waals surface area contributed by atoms with Gasteiger partial charge in [0.05, 0.1) is 20.3 Å². The molecule has 0 heterocycles. The second-order valence-electron chi connectivity index (χ2n) is 5.35. The van der Waals surface area contributed by atoms with Crippen LogP contribution in [0, 0.1) is 5.41 Å². The average Bonchev–Trinajstić information content (AvgIpc) is 2.45. The Kier molecular flexibility index (Phi) is 4.04. The molecule has 2 atom stereocenters. The van der Waals surface area contributed by atoms with Crippen molar-refractivity contribution in [2.75, 3.05) is 14.2 Å². The summed E-state index contributed by atoms with van der Waals surface area (Å²) in [6.45, 7) is 4.32. The van der Waals surface area contributed by atoms with Gasteiger partial charge in [0.25, 0.3) is 0 Å². The first-order chi connectivity index (χ1) is 9.12. The van der Waals surface area contributed by atoms with Gasteiger partial charge in [-0.2, -0.15) is 0 Å². The van der Waals surface area contributed by atoms with Crippen molar-refractivity contribution in [2.45, 2.75) is 45.1 Å². The molecule has 1 fully saturated rings. The topological polar surface area (TPSA) is 38.7 Å². The molecule has 0 spiro atoms. The Bertz CT molecular complexity index is 438. The van der Waals surface area contributed by atoms with Crippen LogP contribution in [0.5, 0.6) is 11.5 Å². The zero-order valence-electron chi connectivity index (χ0n) is 12.3. The predicted octanol–water partition coefficient (Wildman–Crippen LogP) is 3.36. The molecule has 0 radical (unpaired) electrons. The van der Waals surface area contributed by atoms with E-state index in [0.717, 1.165) is 30.8 Å². The molecule has 2 unspecified atom stereocenters. The molecule has 1 aromatic carbocycles. The first-order valence-electron chi connectivity index (χ1n) is 7.02. The number of methoxy groups -OCH3 is 2. The molecule has 1 saturated carbocycles. The Morgan fingerprint density at radius 2 is 1.89 bits per heavy atom. The highest BCUT2D eigenvalue weighted by Gasteiger charge is 2.53. The lowest BCUT2D eigenvalue weighted by atomic mass is 9.53. The fourth-order valence-corrected chi connectivity index (χ4v) is 3.52. The van der Waals surface area contributed by atoms with Crippen molar-refractivity contribution in [2.24, 2.45) is 5.41 Å². The van der Waals surface area contributed by atoms with E-state index in [0.29, 0.717) is 5.92 Å². The van der Waals surface area contributed by atoms with E-state index in [1.165, 1.54) is 5.56 Å². The van der Waals surface area contributed by atoms with Gasteiger partial charge in [-0.25, -0.2) is 0 Å². The van der Waals surface area contributed by atoms with Gasteiger partial charge in [-0.05, 0) is 36.8 Å². The van der Waals surface area contributed by atoms with Crippen LogP contribution in [0.1, 0.15) is 44.6 Å². The Morgan fingerprint density at radius 3 is 2.37 bits per heavy atom. The van der Waals surface area contributed by atoms with E-state index in [-0.39, 0.29) is 11.5 Å². The number of aliphatic hydroxyl groups is 1. The summed E-state index contributed by atoms with van der Waals surface area (Å²) in [6, 6.07) is 5.98. The van der Waals surface area contributed by atoms with Crippen molar-refractivity contribution in [3.63, 3.8) is 0 Å². The van der Waals surface area contributed by atoms with Crippen LogP contribution >= 0.6 is 0 Å². The van der Waals surface area contributed by atoms with Gasteiger partial charge >= 0.3 is 0 Å². The van der Waals surface area contributed by atoms with Gasteiger partial charge in [-0.1, -0.05) is 19.9 Å². The molecular formula is C16H24O3. The summed E-state index contributed by atoms with van der Waals surface area (Å²) in [4.78, 5) is 0. The maximum Gasteiger partial charge on any atom is 0.126 e. The maximum absolute atomic E-state index is 10.2. The van der Waals surface area contributed by atoms with Gasteiger partial charge in [-0.15, -0.1) is 0 Å². The van der Waals surface area contributed by atoms with Crippen molar-refractivity contribution in [3.05, 3.63) is 23.8 Å². The van der Waals surface area contributed by atoms with Crippen molar-refractivity contribution >= 4 is 0 Å². The van der Waals surface area contributed by atoms with Crippen molar-refractivity contribution in [3.8, 4) is 11.5 Å². The van der Waals surface area contributed by atoms with Crippen molar-refractivity contribution < 1.29 is 14.6 Å². The van der Waals surface area contributed by atoms with E-state index < -0.39 is 0 Å². The summed E-state index contributed by atoms with van der Waals surface area (Å²) >= 11 is 0. The zero-order valence-corrected chi connectivity index (χ0v) is 12.3. The van der Waals surface area contributed by atoms with E-state index >= 15 is 0 Å². The normalized spacial score (nSPS) is 24.7. The second-order valence-corrected chi connectivity index (χ2v) is 5.35. The first kappa shape index (κ1) is 14.2. The highest BCUT2D eigenvalue weighted by Crippen LogP contribution is 2.58. The second kappa shape index (κ2) is 5.41. The van der Waals surface area contributed by atoms with Crippen LogP contribution in [-0.4, -0.2) is 25.4 Å². The molecule has 0 amide bonds. The van der Waals surface area contributed by atoms with Gasteiger partial charge in [0.1, 0.15) is 11.5 Å². The van der Waals surface area contributed by atoms with E-state index in [1.54, 1.807) is 14.2 Å². The Hall–Kier alpha value is -1.22. The summed E-state index contributed by atoms with van der Waals surface area (Å²) in [7, 11) is 3.34. The standard InChI is InChI=1S/C16H24O3/c1-5-16(6-2)13(10-15(16)17)12-8-7-11(18-3)9-14(12)19-4/h7-9,13,15,17H,5-6,10H2,1-4H3. The zero-order chi connectivity index (χ0) is 14.0. The molecule has 1 aromatic rings. The number of ether oxygens (including phenoxy) is 2. The van der Waals surface area contributed by atoms with Gasteiger partial charge in [-0.3, -0.25) is 0 Å². The van der Waals surface area contributed by atoms with E-state index in [4.69, 9.17) is 9.47 Å². The number of hydrogen-bond acceptors (Lipinski definition) is 3. The van der Waals surface area contributed by atoms with Crippen LogP contribution in [0.3, 0.4) is 0 Å². The van der Waals surface area contributed by atoms with Crippen LogP contribution in [0.15, 0.2) is 18.2 Å². The monoisotopic (exact) mass is 264 g/mol. The van der Waals surface area contributed by atoms with E-state index in [2.05, 4.69) is 19.9 Å². The minimum absolute atomic E-state index is 0.00185. The minimum atomic E-state index is -0.195. The molecule has 0 aromatic heterocycles. The third-order valence-electron chi connectivity index (χ3n) is 4.95. The van der Waals surface area contributed by atoms with E-state index in [1.807, 2.05) is 12.1 Å². The molecule has 1 N–H and O–H groups in total. The third-order valence-corrected chi connectivity index (χ3v) is 4.95. The van der Waals surface area contributed by atoms with Crippen molar-refractivity contribution in [1.82, 2.24) is 0 Å². The quantitative estimate of drug-likeness (QED) is 0.886. The minimum Gasteiger partial charge on any atom is -0.497 e. The summed E-state index contributed by atoms with van der Waals surface area (Å²) in [5.41, 5.74) is 1.19. The number of rotatable bonds is 5. The molecule has 1 aliphatic rings. The molecule has 0 bridgehead atoms. The number of aliphatic hydroxyl groups excluding tert-OH is 1. The van der Waals surface area contributed by atoms with Crippen LogP contribution < -0.4 is 9.47 Å². The lowest BCUT2D eigenvalue weighted by Gasteiger charge is -2.54. The summed E-state index contributed by atoms with van der Waals surface area (Å²) in [6.07, 6.45) is 2.61. The number of benzene rings is 1. The molecule has 19 heavy (non-hydrogen) atoms.